The van der Waals surface area contributed by atoms with Gasteiger partial charge in [0.15, 0.2) is 0 Å². The van der Waals surface area contributed by atoms with E-state index >= 15 is 0 Å². The quantitative estimate of drug-likeness (QED) is 0.917. The van der Waals surface area contributed by atoms with Gasteiger partial charge in [0.2, 0.25) is 0 Å². The van der Waals surface area contributed by atoms with Gasteiger partial charge in [-0.05, 0) is 61.0 Å². The summed E-state index contributed by atoms with van der Waals surface area (Å²) < 4.78 is 1.01. The second kappa shape index (κ2) is 6.79. The second-order valence-corrected chi connectivity index (χ2v) is 6.33. The van der Waals surface area contributed by atoms with Crippen LogP contribution in [0.15, 0.2) is 22.9 Å². The summed E-state index contributed by atoms with van der Waals surface area (Å²) in [5.74, 6) is 0. The van der Waals surface area contributed by atoms with Crippen molar-refractivity contribution < 1.29 is 0 Å². The first-order valence-corrected chi connectivity index (χ1v) is 7.62. The van der Waals surface area contributed by atoms with Crippen molar-refractivity contribution in [2.45, 2.75) is 24.9 Å². The van der Waals surface area contributed by atoms with Crippen molar-refractivity contribution in [2.24, 2.45) is 5.73 Å². The molecule has 1 saturated heterocycles. The molecule has 106 valence electrons. The van der Waals surface area contributed by atoms with Crippen LogP contribution in [-0.4, -0.2) is 54.6 Å². The number of aromatic nitrogens is 1. The molecule has 2 rings (SSSR count). The van der Waals surface area contributed by atoms with Crippen molar-refractivity contribution >= 4 is 15.9 Å². The largest absolute Gasteiger partial charge is 0.329 e. The number of halogens is 1. The van der Waals surface area contributed by atoms with Gasteiger partial charge in [0.1, 0.15) is 0 Å². The topological polar surface area (TPSA) is 45.4 Å². The fourth-order valence-corrected chi connectivity index (χ4v) is 3.26. The molecule has 1 fully saturated rings. The van der Waals surface area contributed by atoms with E-state index in [1.54, 1.807) is 0 Å². The lowest BCUT2D eigenvalue weighted by atomic mass is 10.0. The van der Waals surface area contributed by atoms with E-state index in [1.807, 2.05) is 12.4 Å². The molecule has 0 spiro atoms. The minimum absolute atomic E-state index is 0.237. The Kier molecular flexibility index (Phi) is 5.33. The Labute approximate surface area is 124 Å². The molecule has 1 aromatic rings. The number of piperidine rings is 1. The Morgan fingerprint density at radius 3 is 3.00 bits per heavy atom. The monoisotopic (exact) mass is 326 g/mol. The summed E-state index contributed by atoms with van der Waals surface area (Å²) in [4.78, 5) is 9.07. The fraction of sp³-hybridized carbons (Fsp3) is 0.643. The molecule has 1 aliphatic heterocycles. The average molecular weight is 327 g/mol. The van der Waals surface area contributed by atoms with Gasteiger partial charge in [-0.15, -0.1) is 0 Å². The minimum Gasteiger partial charge on any atom is -0.329 e. The van der Waals surface area contributed by atoms with E-state index in [4.69, 9.17) is 5.73 Å². The molecule has 2 unspecified atom stereocenters. The Bertz CT molecular complexity index is 412. The summed E-state index contributed by atoms with van der Waals surface area (Å²) in [6, 6.07) is 2.93. The highest BCUT2D eigenvalue weighted by atomic mass is 79.9. The molecule has 5 heteroatoms. The maximum atomic E-state index is 6.00. The Hall–Kier alpha value is -0.490. The normalized spacial score (nSPS) is 22.7. The number of likely N-dealkylation sites (N-methyl/N-ethyl adjacent to an activating group) is 2. The smallest absolute Gasteiger partial charge is 0.0486 e. The Balaban J connectivity index is 2.12. The van der Waals surface area contributed by atoms with Gasteiger partial charge < -0.3 is 10.6 Å². The van der Waals surface area contributed by atoms with Crippen LogP contribution in [0.2, 0.25) is 0 Å². The van der Waals surface area contributed by atoms with Crippen molar-refractivity contribution in [3.63, 3.8) is 0 Å². The molecule has 1 aromatic heterocycles. The number of likely N-dealkylation sites (tertiary alicyclic amines) is 1. The first kappa shape index (κ1) is 14.9. The van der Waals surface area contributed by atoms with Gasteiger partial charge in [0.05, 0.1) is 0 Å². The number of hydrogen-bond donors (Lipinski definition) is 1. The average Bonchev–Trinajstić information content (AvgIpc) is 2.39. The van der Waals surface area contributed by atoms with Crippen molar-refractivity contribution in [3.8, 4) is 0 Å². The maximum absolute atomic E-state index is 6.00. The van der Waals surface area contributed by atoms with Crippen LogP contribution >= 0.6 is 15.9 Å². The Morgan fingerprint density at radius 2 is 2.37 bits per heavy atom. The SMILES string of the molecule is CN1CCCC(N(C)C(CN)c2cncc(Br)c2)C1. The summed E-state index contributed by atoms with van der Waals surface area (Å²) >= 11 is 3.48. The van der Waals surface area contributed by atoms with Crippen LogP contribution in [0, 0.1) is 0 Å². The van der Waals surface area contributed by atoms with E-state index in [0.29, 0.717) is 12.6 Å². The number of hydrogen-bond acceptors (Lipinski definition) is 4. The molecule has 1 aliphatic rings. The highest BCUT2D eigenvalue weighted by Crippen LogP contribution is 2.25. The maximum Gasteiger partial charge on any atom is 0.0486 e. The van der Waals surface area contributed by atoms with Crippen molar-refractivity contribution in [1.82, 2.24) is 14.8 Å². The number of pyridine rings is 1. The fourth-order valence-electron chi connectivity index (χ4n) is 2.87. The van der Waals surface area contributed by atoms with E-state index in [2.05, 4.69) is 50.9 Å². The van der Waals surface area contributed by atoms with Crippen LogP contribution in [0.1, 0.15) is 24.4 Å². The van der Waals surface area contributed by atoms with Crippen molar-refractivity contribution in [3.05, 3.63) is 28.5 Å². The molecule has 0 aromatic carbocycles. The molecule has 2 N–H and O–H groups in total. The van der Waals surface area contributed by atoms with Crippen LogP contribution in [-0.2, 0) is 0 Å². The zero-order valence-electron chi connectivity index (χ0n) is 11.7. The number of rotatable bonds is 4. The second-order valence-electron chi connectivity index (χ2n) is 5.41. The van der Waals surface area contributed by atoms with Gasteiger partial charge in [-0.2, -0.15) is 0 Å². The molecular weight excluding hydrogens is 304 g/mol. The zero-order chi connectivity index (χ0) is 13.8. The molecule has 0 aliphatic carbocycles. The molecule has 0 bridgehead atoms. The lowest BCUT2D eigenvalue weighted by Gasteiger charge is -2.39. The Morgan fingerprint density at radius 1 is 1.58 bits per heavy atom. The lowest BCUT2D eigenvalue weighted by Crippen LogP contribution is -2.47. The van der Waals surface area contributed by atoms with Gasteiger partial charge in [-0.3, -0.25) is 9.88 Å². The highest BCUT2D eigenvalue weighted by molar-refractivity contribution is 9.10. The molecule has 4 nitrogen and oxygen atoms in total. The lowest BCUT2D eigenvalue weighted by molar-refractivity contribution is 0.101. The van der Waals surface area contributed by atoms with Gasteiger partial charge in [-0.25, -0.2) is 0 Å². The molecule has 2 heterocycles. The van der Waals surface area contributed by atoms with E-state index in [9.17, 15) is 0 Å². The van der Waals surface area contributed by atoms with Crippen LogP contribution < -0.4 is 5.73 Å². The molecule has 0 saturated carbocycles. The van der Waals surface area contributed by atoms with E-state index in [1.165, 1.54) is 24.9 Å². The summed E-state index contributed by atoms with van der Waals surface area (Å²) in [7, 11) is 4.38. The molecule has 2 atom stereocenters. The van der Waals surface area contributed by atoms with Crippen molar-refractivity contribution in [1.29, 1.82) is 0 Å². The third-order valence-corrected chi connectivity index (χ3v) is 4.43. The summed E-state index contributed by atoms with van der Waals surface area (Å²) in [5, 5.41) is 0. The first-order chi connectivity index (χ1) is 9.11. The summed E-state index contributed by atoms with van der Waals surface area (Å²) in [6.07, 6.45) is 6.25. The van der Waals surface area contributed by atoms with Gasteiger partial charge in [-0.1, -0.05) is 0 Å². The standard InChI is InChI=1S/C14H23BrN4/c1-18-5-3-4-13(10-18)19(2)14(7-16)11-6-12(15)9-17-8-11/h6,8-9,13-14H,3-5,7,10,16H2,1-2H3. The van der Waals surface area contributed by atoms with Gasteiger partial charge in [0, 0.05) is 42.0 Å². The number of nitrogens with zero attached hydrogens (tertiary/aromatic N) is 3. The van der Waals surface area contributed by atoms with Crippen LogP contribution in [0.3, 0.4) is 0 Å². The van der Waals surface area contributed by atoms with Gasteiger partial charge in [0.25, 0.3) is 0 Å². The molecule has 0 amide bonds. The van der Waals surface area contributed by atoms with E-state index in [-0.39, 0.29) is 6.04 Å². The van der Waals surface area contributed by atoms with Gasteiger partial charge >= 0.3 is 0 Å². The molecule has 0 radical (unpaired) electrons. The van der Waals surface area contributed by atoms with E-state index < -0.39 is 0 Å². The van der Waals surface area contributed by atoms with Crippen LogP contribution in [0.25, 0.3) is 0 Å². The third-order valence-electron chi connectivity index (χ3n) is 4.00. The third kappa shape index (κ3) is 3.75. The predicted octanol–water partition coefficient (Wildman–Crippen LogP) is 1.87. The first-order valence-electron chi connectivity index (χ1n) is 6.83. The van der Waals surface area contributed by atoms with Crippen LogP contribution in [0.5, 0.6) is 0 Å². The van der Waals surface area contributed by atoms with Crippen LogP contribution in [0.4, 0.5) is 0 Å². The summed E-state index contributed by atoms with van der Waals surface area (Å²) in [5.41, 5.74) is 7.19. The van der Waals surface area contributed by atoms with E-state index in [0.717, 1.165) is 11.0 Å². The zero-order valence-corrected chi connectivity index (χ0v) is 13.3. The highest BCUT2D eigenvalue weighted by Gasteiger charge is 2.26. The van der Waals surface area contributed by atoms with Crippen molar-refractivity contribution in [2.75, 3.05) is 33.7 Å². The molecule has 19 heavy (non-hydrogen) atoms. The minimum atomic E-state index is 0.237. The summed E-state index contributed by atoms with van der Waals surface area (Å²) in [6.45, 7) is 2.94. The number of nitrogens with two attached hydrogens (primary N) is 1. The predicted molar refractivity (Wildman–Crippen MR) is 82.0 cm³/mol. The molecular formula is C14H23BrN4.